The van der Waals surface area contributed by atoms with Crippen LogP contribution in [0.1, 0.15) is 5.56 Å². The number of hydrogen-bond acceptors (Lipinski definition) is 8. The molecule has 2 aromatic carbocycles. The number of nitrogens with zero attached hydrogens (tertiary/aromatic N) is 3. The number of anilines is 5. The van der Waals surface area contributed by atoms with Gasteiger partial charge in [0.25, 0.3) is 0 Å². The van der Waals surface area contributed by atoms with Crippen LogP contribution in [0.25, 0.3) is 11.3 Å². The number of morpholine rings is 1. The quantitative estimate of drug-likeness (QED) is 0.268. The highest BCUT2D eigenvalue weighted by Gasteiger charge is 2.19. The van der Waals surface area contributed by atoms with Gasteiger partial charge in [0.2, 0.25) is 11.9 Å². The van der Waals surface area contributed by atoms with E-state index in [4.69, 9.17) is 39.1 Å². The lowest BCUT2D eigenvalue weighted by Gasteiger charge is -2.29. The second kappa shape index (κ2) is 10.7. The number of amides is 1. The summed E-state index contributed by atoms with van der Waals surface area (Å²) in [7, 11) is 0. The molecule has 0 saturated carbocycles. The topological polar surface area (TPSA) is 129 Å². The first kappa shape index (κ1) is 24.5. The minimum Gasteiger partial charge on any atom is -0.383 e. The largest absolute Gasteiger partial charge is 0.383 e. The average Bonchev–Trinajstić information content (AvgIpc) is 2.85. The molecule has 1 saturated heterocycles. The van der Waals surface area contributed by atoms with Crippen LogP contribution < -0.4 is 21.3 Å². The third-order valence-electron chi connectivity index (χ3n) is 5.32. The van der Waals surface area contributed by atoms with Gasteiger partial charge in [-0.1, -0.05) is 41.9 Å². The number of carbonyl (C=O) groups is 1. The molecule has 1 aromatic heterocycles. The van der Waals surface area contributed by atoms with Crippen molar-refractivity contribution >= 4 is 63.1 Å². The van der Waals surface area contributed by atoms with Crippen molar-refractivity contribution in [3.63, 3.8) is 0 Å². The molecule has 1 aliphatic rings. The number of ether oxygens (including phenoxy) is 1. The fourth-order valence-corrected chi connectivity index (χ4v) is 3.99. The highest BCUT2D eigenvalue weighted by atomic mass is 35.5. The van der Waals surface area contributed by atoms with Gasteiger partial charge in [0.05, 0.1) is 35.2 Å². The molecule has 0 aliphatic carbocycles. The summed E-state index contributed by atoms with van der Waals surface area (Å²) < 4.78 is 5.43. The predicted octanol–water partition coefficient (Wildman–Crippen LogP) is 4.65. The molecule has 2 heterocycles. The van der Waals surface area contributed by atoms with Gasteiger partial charge in [-0.2, -0.15) is 4.98 Å². The van der Waals surface area contributed by atoms with Gasteiger partial charge in [-0.25, -0.2) is 4.98 Å². The van der Waals surface area contributed by atoms with Gasteiger partial charge < -0.3 is 26.0 Å². The van der Waals surface area contributed by atoms with Crippen molar-refractivity contribution in [2.75, 3.05) is 47.6 Å². The van der Waals surface area contributed by atoms with Crippen LogP contribution in [0.15, 0.2) is 55.1 Å². The van der Waals surface area contributed by atoms with Crippen LogP contribution in [0.2, 0.25) is 5.02 Å². The zero-order valence-corrected chi connectivity index (χ0v) is 20.2. The summed E-state index contributed by atoms with van der Waals surface area (Å²) >= 11 is 12.3. The third-order valence-corrected chi connectivity index (χ3v) is 5.84. The zero-order chi connectivity index (χ0) is 24.9. The molecule has 0 radical (unpaired) electrons. The van der Waals surface area contributed by atoms with Gasteiger partial charge in [0.15, 0.2) is 0 Å². The molecule has 35 heavy (non-hydrogen) atoms. The molecule has 0 unspecified atom stereocenters. The second-order valence-electron chi connectivity index (χ2n) is 7.63. The minimum absolute atomic E-state index is 0.0356. The number of nitrogen functional groups attached to an aromatic ring is 1. The lowest BCUT2D eigenvalue weighted by Crippen LogP contribution is -2.36. The van der Waals surface area contributed by atoms with Crippen LogP contribution in [-0.2, 0) is 9.53 Å². The van der Waals surface area contributed by atoms with Crippen LogP contribution in [0, 0.1) is 5.41 Å². The number of nitrogens with two attached hydrogens (primary N) is 1. The standard InChI is InChI=1S/C24H23Cl2N7O2/c1-2-19(34)30-18-12-14(6-7-17(18)25)21-20(22(26)27)23(28)32-24(31-21)29-15-4-3-5-16(13-15)33-8-10-35-11-9-33/h2-7,12-13,27H,1,8-11H2,(H,30,34)(H3,28,29,31,32). The Bertz CT molecular complexity index is 1290. The van der Waals surface area contributed by atoms with Crippen molar-refractivity contribution in [2.45, 2.75) is 0 Å². The minimum atomic E-state index is -0.418. The number of rotatable bonds is 7. The molecule has 11 heteroatoms. The molecule has 0 atom stereocenters. The average molecular weight is 512 g/mol. The first-order valence-electron chi connectivity index (χ1n) is 10.7. The van der Waals surface area contributed by atoms with Gasteiger partial charge in [-0.3, -0.25) is 10.2 Å². The number of aromatic nitrogens is 2. The molecule has 0 bridgehead atoms. The Morgan fingerprint density at radius 3 is 2.69 bits per heavy atom. The summed E-state index contributed by atoms with van der Waals surface area (Å²) in [5, 5.41) is 13.8. The van der Waals surface area contributed by atoms with E-state index in [-0.39, 0.29) is 22.5 Å². The van der Waals surface area contributed by atoms with E-state index in [2.05, 4.69) is 32.1 Å². The Labute approximate surface area is 212 Å². The summed E-state index contributed by atoms with van der Waals surface area (Å²) in [4.78, 5) is 22.9. The smallest absolute Gasteiger partial charge is 0.247 e. The van der Waals surface area contributed by atoms with Gasteiger partial charge in [-0.05, 0) is 36.4 Å². The normalized spacial score (nSPS) is 13.3. The molecule has 180 valence electrons. The molecule has 1 amide bonds. The van der Waals surface area contributed by atoms with Gasteiger partial charge in [0.1, 0.15) is 11.0 Å². The molecular weight excluding hydrogens is 489 g/mol. The highest BCUT2D eigenvalue weighted by Crippen LogP contribution is 2.33. The maximum Gasteiger partial charge on any atom is 0.247 e. The van der Waals surface area contributed by atoms with E-state index < -0.39 is 5.91 Å². The van der Waals surface area contributed by atoms with Gasteiger partial charge in [-0.15, -0.1) is 0 Å². The van der Waals surface area contributed by atoms with Crippen molar-refractivity contribution in [2.24, 2.45) is 0 Å². The van der Waals surface area contributed by atoms with Gasteiger partial charge in [0, 0.05) is 30.0 Å². The van der Waals surface area contributed by atoms with Crippen molar-refractivity contribution in [3.05, 3.63) is 65.7 Å². The summed E-state index contributed by atoms with van der Waals surface area (Å²) in [5.41, 5.74) is 9.37. The molecule has 0 spiro atoms. The van der Waals surface area contributed by atoms with E-state index >= 15 is 0 Å². The molecule has 9 nitrogen and oxygen atoms in total. The van der Waals surface area contributed by atoms with E-state index in [0.29, 0.717) is 35.2 Å². The number of hydrogen-bond donors (Lipinski definition) is 4. The summed E-state index contributed by atoms with van der Waals surface area (Å²) in [6, 6.07) is 12.8. The lowest BCUT2D eigenvalue weighted by molar-refractivity contribution is -0.111. The summed E-state index contributed by atoms with van der Waals surface area (Å²) in [6.45, 7) is 6.44. The number of nitrogens with one attached hydrogen (secondary N) is 3. The Morgan fingerprint density at radius 2 is 1.97 bits per heavy atom. The van der Waals surface area contributed by atoms with E-state index in [9.17, 15) is 4.79 Å². The van der Waals surface area contributed by atoms with E-state index in [1.807, 2.05) is 24.3 Å². The molecular formula is C24H23Cl2N7O2. The molecule has 4 rings (SSSR count). The maximum atomic E-state index is 11.8. The first-order chi connectivity index (χ1) is 16.9. The van der Waals surface area contributed by atoms with Crippen LogP contribution in [0.4, 0.5) is 28.8 Å². The summed E-state index contributed by atoms with van der Waals surface area (Å²) in [5.74, 6) is -0.155. The summed E-state index contributed by atoms with van der Waals surface area (Å²) in [6.07, 6.45) is 1.14. The SMILES string of the molecule is C=CC(=O)Nc1cc(-c2nc(Nc3cccc(N4CCOCC4)c3)nc(N)c2C(=N)Cl)ccc1Cl. The van der Waals surface area contributed by atoms with Crippen molar-refractivity contribution in [1.82, 2.24) is 9.97 Å². The molecule has 1 aliphatic heterocycles. The lowest BCUT2D eigenvalue weighted by atomic mass is 10.1. The Kier molecular flexibility index (Phi) is 7.50. The number of carbonyl (C=O) groups excluding carboxylic acids is 1. The van der Waals surface area contributed by atoms with E-state index in [1.54, 1.807) is 18.2 Å². The van der Waals surface area contributed by atoms with Crippen molar-refractivity contribution in [3.8, 4) is 11.3 Å². The van der Waals surface area contributed by atoms with Gasteiger partial charge >= 0.3 is 0 Å². The fourth-order valence-electron chi connectivity index (χ4n) is 3.64. The Balaban J connectivity index is 1.71. The second-order valence-corrected chi connectivity index (χ2v) is 8.42. The first-order valence-corrected chi connectivity index (χ1v) is 11.5. The molecule has 3 aromatic rings. The van der Waals surface area contributed by atoms with Crippen molar-refractivity contribution < 1.29 is 9.53 Å². The van der Waals surface area contributed by atoms with Crippen LogP contribution in [0.3, 0.4) is 0 Å². The Morgan fingerprint density at radius 1 is 1.20 bits per heavy atom. The van der Waals surface area contributed by atoms with E-state index in [0.717, 1.165) is 30.5 Å². The van der Waals surface area contributed by atoms with Crippen molar-refractivity contribution in [1.29, 1.82) is 5.41 Å². The highest BCUT2D eigenvalue weighted by molar-refractivity contribution is 6.69. The predicted molar refractivity (Wildman–Crippen MR) is 141 cm³/mol. The third kappa shape index (κ3) is 5.71. The van der Waals surface area contributed by atoms with Crippen LogP contribution >= 0.6 is 23.2 Å². The molecule has 1 fully saturated rings. The van der Waals surface area contributed by atoms with E-state index in [1.165, 1.54) is 0 Å². The fraction of sp³-hybridized carbons (Fsp3) is 0.167. The van der Waals surface area contributed by atoms with Crippen LogP contribution in [0.5, 0.6) is 0 Å². The Hall–Kier alpha value is -3.66. The zero-order valence-electron chi connectivity index (χ0n) is 18.6. The number of halogens is 2. The molecule has 5 N–H and O–H groups in total. The van der Waals surface area contributed by atoms with Crippen LogP contribution in [-0.4, -0.2) is 47.3 Å². The maximum absolute atomic E-state index is 11.8. The monoisotopic (exact) mass is 511 g/mol. The number of benzene rings is 2.